The molecule has 5 heteroatoms. The van der Waals surface area contributed by atoms with Crippen molar-refractivity contribution >= 4 is 17.6 Å². The summed E-state index contributed by atoms with van der Waals surface area (Å²) in [7, 11) is 0. The average molecular weight is 443 g/mol. The first-order chi connectivity index (χ1) is 14.7. The van der Waals surface area contributed by atoms with Crippen LogP contribution in [0.1, 0.15) is 67.6 Å². The topological polar surface area (TPSA) is 55.8 Å². The van der Waals surface area contributed by atoms with E-state index in [2.05, 4.69) is 32.6 Å². The lowest BCUT2D eigenvalue weighted by atomic mass is 9.73. The van der Waals surface area contributed by atoms with E-state index >= 15 is 0 Å². The summed E-state index contributed by atoms with van der Waals surface area (Å²) >= 11 is 6.11. The Balaban J connectivity index is 2.07. The smallest absolute Gasteiger partial charge is 0.335 e. The zero-order valence-corrected chi connectivity index (χ0v) is 19.4. The minimum absolute atomic E-state index is 0.0268. The number of benzene rings is 2. The first-order valence-electron chi connectivity index (χ1n) is 10.8. The van der Waals surface area contributed by atoms with Crippen LogP contribution in [0.5, 0.6) is 5.75 Å². The molecule has 166 valence electrons. The third kappa shape index (κ3) is 5.13. The molecule has 1 aliphatic heterocycles. The van der Waals surface area contributed by atoms with E-state index in [4.69, 9.17) is 21.1 Å². The summed E-state index contributed by atoms with van der Waals surface area (Å²) in [4.78, 5) is 11.6. The third-order valence-electron chi connectivity index (χ3n) is 6.02. The standard InChI is InChI=1S/C26H31ClO4/c1-6-30-23-12-9-18(26(28)29)13-22(23)25-20(15(2)3)14-21(24(31-25)16(4)5)17-7-10-19(27)11-8-17/h7-13,16,20-21,24-25H,2,6,14H2,1,3-5H3,(H,28,29)/t20-,21+,24+,25+/m1/s1. The van der Waals surface area contributed by atoms with Crippen LogP contribution in [0, 0.1) is 11.8 Å². The van der Waals surface area contributed by atoms with Crippen LogP contribution in [0.15, 0.2) is 54.6 Å². The SMILES string of the molecule is C=C(C)[C@H]1C[C@@H](c2ccc(Cl)cc2)[C@H](C(C)C)O[C@@H]1c1cc(C(=O)O)ccc1OCC. The van der Waals surface area contributed by atoms with Crippen molar-refractivity contribution < 1.29 is 19.4 Å². The van der Waals surface area contributed by atoms with Crippen LogP contribution >= 0.6 is 11.6 Å². The highest BCUT2D eigenvalue weighted by atomic mass is 35.5. The van der Waals surface area contributed by atoms with Gasteiger partial charge in [0.05, 0.1) is 24.4 Å². The van der Waals surface area contributed by atoms with Gasteiger partial charge in [0.2, 0.25) is 0 Å². The summed E-state index contributed by atoms with van der Waals surface area (Å²) in [5.74, 6) is 0.183. The molecule has 4 nitrogen and oxygen atoms in total. The molecule has 1 aliphatic rings. The van der Waals surface area contributed by atoms with Crippen LogP contribution in [0.2, 0.25) is 5.02 Å². The van der Waals surface area contributed by atoms with Gasteiger partial charge in [0.15, 0.2) is 0 Å². The van der Waals surface area contributed by atoms with Crippen molar-refractivity contribution in [3.05, 3.63) is 76.3 Å². The minimum Gasteiger partial charge on any atom is -0.493 e. The van der Waals surface area contributed by atoms with E-state index in [0.29, 0.717) is 17.4 Å². The molecular weight excluding hydrogens is 412 g/mol. The zero-order valence-electron chi connectivity index (χ0n) is 18.6. The Morgan fingerprint density at radius 2 is 1.94 bits per heavy atom. The van der Waals surface area contributed by atoms with Crippen molar-refractivity contribution in [1.82, 2.24) is 0 Å². The molecule has 0 aromatic heterocycles. The fourth-order valence-corrected chi connectivity index (χ4v) is 4.61. The predicted molar refractivity (Wildman–Crippen MR) is 124 cm³/mol. The molecule has 1 fully saturated rings. The highest BCUT2D eigenvalue weighted by Gasteiger charge is 2.42. The number of halogens is 1. The molecule has 0 aliphatic carbocycles. The van der Waals surface area contributed by atoms with Gasteiger partial charge in [0.1, 0.15) is 5.75 Å². The van der Waals surface area contributed by atoms with Gasteiger partial charge >= 0.3 is 5.97 Å². The van der Waals surface area contributed by atoms with E-state index in [-0.39, 0.29) is 35.5 Å². The summed E-state index contributed by atoms with van der Waals surface area (Å²) in [6, 6.07) is 13.0. The molecule has 1 heterocycles. The Morgan fingerprint density at radius 3 is 2.48 bits per heavy atom. The van der Waals surface area contributed by atoms with Crippen LogP contribution in [0.3, 0.4) is 0 Å². The van der Waals surface area contributed by atoms with Gasteiger partial charge in [-0.3, -0.25) is 0 Å². The Kier molecular flexibility index (Phi) is 7.45. The first kappa shape index (κ1) is 23.4. The fourth-order valence-electron chi connectivity index (χ4n) is 4.49. The van der Waals surface area contributed by atoms with Crippen molar-refractivity contribution in [2.45, 2.75) is 52.2 Å². The molecule has 0 bridgehead atoms. The molecule has 0 spiro atoms. The number of aromatic carboxylic acids is 1. The second-order valence-electron chi connectivity index (χ2n) is 8.60. The maximum Gasteiger partial charge on any atom is 0.335 e. The van der Waals surface area contributed by atoms with E-state index in [1.807, 2.05) is 26.0 Å². The molecule has 2 aromatic rings. The summed E-state index contributed by atoms with van der Waals surface area (Å²) < 4.78 is 12.6. The molecule has 4 atom stereocenters. The molecule has 2 aromatic carbocycles. The zero-order chi connectivity index (χ0) is 22.7. The Bertz CT molecular complexity index is 935. The Morgan fingerprint density at radius 1 is 1.26 bits per heavy atom. The average Bonchev–Trinajstić information content (AvgIpc) is 2.73. The highest BCUT2D eigenvalue weighted by molar-refractivity contribution is 6.30. The summed E-state index contributed by atoms with van der Waals surface area (Å²) in [5, 5.41) is 10.3. The van der Waals surface area contributed by atoms with Crippen LogP contribution in [0.4, 0.5) is 0 Å². The van der Waals surface area contributed by atoms with E-state index < -0.39 is 5.97 Å². The van der Waals surface area contributed by atoms with E-state index in [1.165, 1.54) is 5.56 Å². The molecule has 31 heavy (non-hydrogen) atoms. The lowest BCUT2D eigenvalue weighted by Crippen LogP contribution is -2.39. The molecule has 0 radical (unpaired) electrons. The quantitative estimate of drug-likeness (QED) is 0.474. The molecule has 0 amide bonds. The van der Waals surface area contributed by atoms with Crippen LogP contribution < -0.4 is 4.74 Å². The van der Waals surface area contributed by atoms with Crippen molar-refractivity contribution in [2.24, 2.45) is 11.8 Å². The maximum atomic E-state index is 11.6. The number of carbonyl (C=O) groups is 1. The third-order valence-corrected chi connectivity index (χ3v) is 6.28. The Labute approximate surface area is 189 Å². The van der Waals surface area contributed by atoms with Crippen molar-refractivity contribution in [1.29, 1.82) is 0 Å². The van der Waals surface area contributed by atoms with E-state index in [0.717, 1.165) is 17.6 Å². The lowest BCUT2D eigenvalue weighted by Gasteiger charge is -2.44. The summed E-state index contributed by atoms with van der Waals surface area (Å²) in [6.07, 6.45) is 0.493. The van der Waals surface area contributed by atoms with Gasteiger partial charge in [-0.05, 0) is 62.1 Å². The normalized spacial score (nSPS) is 23.5. The van der Waals surface area contributed by atoms with Crippen LogP contribution in [0.25, 0.3) is 0 Å². The number of carboxylic acids is 1. The van der Waals surface area contributed by atoms with Gasteiger partial charge in [0.25, 0.3) is 0 Å². The molecular formula is C26H31ClO4. The summed E-state index contributed by atoms with van der Waals surface area (Å²) in [6.45, 7) is 13.0. The Hall–Kier alpha value is -2.30. The molecule has 3 rings (SSSR count). The number of hydrogen-bond donors (Lipinski definition) is 1. The monoisotopic (exact) mass is 442 g/mol. The number of ether oxygens (including phenoxy) is 2. The second-order valence-corrected chi connectivity index (χ2v) is 9.04. The largest absolute Gasteiger partial charge is 0.493 e. The van der Waals surface area contributed by atoms with E-state index in [9.17, 15) is 9.90 Å². The van der Waals surface area contributed by atoms with Gasteiger partial charge in [-0.1, -0.05) is 49.7 Å². The van der Waals surface area contributed by atoms with Gasteiger partial charge in [-0.2, -0.15) is 0 Å². The molecule has 0 saturated carbocycles. The highest BCUT2D eigenvalue weighted by Crippen LogP contribution is 2.49. The maximum absolute atomic E-state index is 11.6. The molecule has 0 unspecified atom stereocenters. The number of rotatable bonds is 7. The number of carboxylic acid groups (broad SMARTS) is 1. The van der Waals surface area contributed by atoms with Gasteiger partial charge in [-0.25, -0.2) is 4.79 Å². The van der Waals surface area contributed by atoms with Gasteiger partial charge < -0.3 is 14.6 Å². The van der Waals surface area contributed by atoms with Crippen molar-refractivity contribution in [2.75, 3.05) is 6.61 Å². The van der Waals surface area contributed by atoms with Gasteiger partial charge in [0, 0.05) is 22.4 Å². The minimum atomic E-state index is -0.966. The molecule has 1 N–H and O–H groups in total. The fraction of sp³-hybridized carbons (Fsp3) is 0.423. The van der Waals surface area contributed by atoms with Crippen LogP contribution in [-0.4, -0.2) is 23.8 Å². The molecule has 1 saturated heterocycles. The van der Waals surface area contributed by atoms with Gasteiger partial charge in [-0.15, -0.1) is 0 Å². The van der Waals surface area contributed by atoms with Crippen molar-refractivity contribution in [3.8, 4) is 5.75 Å². The predicted octanol–water partition coefficient (Wildman–Crippen LogP) is 6.90. The second kappa shape index (κ2) is 9.88. The van der Waals surface area contributed by atoms with Crippen LogP contribution in [-0.2, 0) is 4.74 Å². The lowest BCUT2D eigenvalue weighted by molar-refractivity contribution is -0.109. The number of hydrogen-bond acceptors (Lipinski definition) is 3. The van der Waals surface area contributed by atoms with Crippen molar-refractivity contribution in [3.63, 3.8) is 0 Å². The first-order valence-corrected chi connectivity index (χ1v) is 11.2. The van der Waals surface area contributed by atoms with E-state index in [1.54, 1.807) is 18.2 Å². The summed E-state index contributed by atoms with van der Waals surface area (Å²) in [5.41, 5.74) is 3.20.